The Kier molecular flexibility index (Phi) is 3.52. The molecule has 0 spiro atoms. The van der Waals surface area contributed by atoms with Crippen molar-refractivity contribution in [3.63, 3.8) is 0 Å². The molecule has 0 bridgehead atoms. The van der Waals surface area contributed by atoms with Gasteiger partial charge in [0, 0.05) is 51.2 Å². The van der Waals surface area contributed by atoms with E-state index in [4.69, 9.17) is 9.84 Å². The zero-order valence-corrected chi connectivity index (χ0v) is 11.1. The number of hydrogen-bond acceptors (Lipinski definition) is 4. The summed E-state index contributed by atoms with van der Waals surface area (Å²) in [4.78, 5) is 2.37. The molecule has 0 radical (unpaired) electrons. The number of ether oxygens (including phenoxy) is 1. The minimum absolute atomic E-state index is 0.524. The second-order valence-corrected chi connectivity index (χ2v) is 5.17. The number of piperazine rings is 1. The van der Waals surface area contributed by atoms with Crippen LogP contribution < -0.4 is 10.2 Å². The number of nitrogens with zero attached hydrogens (tertiary/aromatic N) is 3. The van der Waals surface area contributed by atoms with Crippen LogP contribution in [0.2, 0.25) is 0 Å². The summed E-state index contributed by atoms with van der Waals surface area (Å²) in [5, 5.41) is 8.19. The minimum Gasteiger partial charge on any atom is -0.381 e. The van der Waals surface area contributed by atoms with Crippen LogP contribution in [0.25, 0.3) is 0 Å². The van der Waals surface area contributed by atoms with Gasteiger partial charge < -0.3 is 15.0 Å². The fourth-order valence-electron chi connectivity index (χ4n) is 2.82. The van der Waals surface area contributed by atoms with E-state index in [-0.39, 0.29) is 0 Å². The van der Waals surface area contributed by atoms with Crippen LogP contribution in [-0.2, 0) is 4.74 Å². The molecule has 2 aliphatic heterocycles. The lowest BCUT2D eigenvalue weighted by atomic mass is 10.1. The van der Waals surface area contributed by atoms with E-state index in [9.17, 15) is 0 Å². The maximum absolute atomic E-state index is 5.42. The Hall–Kier alpha value is -1.07. The number of rotatable bonds is 2. The van der Waals surface area contributed by atoms with Gasteiger partial charge in [0.1, 0.15) is 0 Å². The van der Waals surface area contributed by atoms with E-state index in [1.807, 2.05) is 0 Å². The van der Waals surface area contributed by atoms with E-state index in [0.29, 0.717) is 6.04 Å². The Morgan fingerprint density at radius 3 is 2.72 bits per heavy atom. The normalized spacial score (nSPS) is 22.4. The number of aromatic nitrogens is 2. The fourth-order valence-corrected chi connectivity index (χ4v) is 2.82. The van der Waals surface area contributed by atoms with E-state index in [2.05, 4.69) is 27.9 Å². The van der Waals surface area contributed by atoms with Gasteiger partial charge in [0.15, 0.2) is 5.82 Å². The van der Waals surface area contributed by atoms with Crippen LogP contribution in [0.1, 0.15) is 24.6 Å². The fraction of sp³-hybridized carbons (Fsp3) is 0.769. The summed E-state index contributed by atoms with van der Waals surface area (Å²) < 4.78 is 7.63. The van der Waals surface area contributed by atoms with Crippen LogP contribution in [-0.4, -0.2) is 49.2 Å². The first-order valence-corrected chi connectivity index (χ1v) is 6.94. The highest BCUT2D eigenvalue weighted by atomic mass is 16.5. The van der Waals surface area contributed by atoms with E-state index in [0.717, 1.165) is 58.1 Å². The molecule has 0 aromatic carbocycles. The van der Waals surface area contributed by atoms with Gasteiger partial charge >= 0.3 is 0 Å². The van der Waals surface area contributed by atoms with Crippen molar-refractivity contribution in [3.8, 4) is 0 Å². The van der Waals surface area contributed by atoms with Gasteiger partial charge in [-0.2, -0.15) is 5.10 Å². The number of hydrogen-bond donors (Lipinski definition) is 1. The topological polar surface area (TPSA) is 42.3 Å². The molecule has 1 N–H and O–H groups in total. The predicted octanol–water partition coefficient (Wildman–Crippen LogP) is 0.953. The van der Waals surface area contributed by atoms with E-state index >= 15 is 0 Å². The Morgan fingerprint density at radius 1 is 1.28 bits per heavy atom. The highest BCUT2D eigenvalue weighted by Crippen LogP contribution is 2.24. The molecule has 3 heterocycles. The average molecular weight is 250 g/mol. The second-order valence-electron chi connectivity index (χ2n) is 5.17. The van der Waals surface area contributed by atoms with Gasteiger partial charge in [0.2, 0.25) is 0 Å². The summed E-state index contributed by atoms with van der Waals surface area (Å²) in [6.45, 7) is 8.13. The summed E-state index contributed by atoms with van der Waals surface area (Å²) in [6.07, 6.45) is 2.17. The maximum atomic E-state index is 5.42. The minimum atomic E-state index is 0.524. The predicted molar refractivity (Wildman–Crippen MR) is 71.1 cm³/mol. The highest BCUT2D eigenvalue weighted by Gasteiger charge is 2.21. The van der Waals surface area contributed by atoms with E-state index in [1.54, 1.807) is 0 Å². The molecule has 0 unspecified atom stereocenters. The van der Waals surface area contributed by atoms with Crippen LogP contribution >= 0.6 is 0 Å². The van der Waals surface area contributed by atoms with Crippen molar-refractivity contribution in [1.29, 1.82) is 0 Å². The van der Waals surface area contributed by atoms with Crippen molar-refractivity contribution < 1.29 is 4.74 Å². The zero-order chi connectivity index (χ0) is 12.4. The molecule has 1 aromatic heterocycles. The van der Waals surface area contributed by atoms with Crippen molar-refractivity contribution in [1.82, 2.24) is 15.1 Å². The lowest BCUT2D eigenvalue weighted by Crippen LogP contribution is -2.43. The van der Waals surface area contributed by atoms with E-state index in [1.165, 1.54) is 5.69 Å². The zero-order valence-electron chi connectivity index (χ0n) is 11.1. The summed E-state index contributed by atoms with van der Waals surface area (Å²) in [6, 6.07) is 2.75. The number of aryl methyl sites for hydroxylation is 1. The molecule has 1 aromatic rings. The van der Waals surface area contributed by atoms with Crippen molar-refractivity contribution in [2.24, 2.45) is 0 Å². The van der Waals surface area contributed by atoms with E-state index < -0.39 is 0 Å². The van der Waals surface area contributed by atoms with Gasteiger partial charge in [-0.15, -0.1) is 0 Å². The third kappa shape index (κ3) is 2.37. The lowest BCUT2D eigenvalue weighted by molar-refractivity contribution is 0.0657. The Labute approximate surface area is 108 Å². The van der Waals surface area contributed by atoms with Crippen LogP contribution in [0.4, 0.5) is 5.82 Å². The number of anilines is 1. The van der Waals surface area contributed by atoms with Gasteiger partial charge in [-0.25, -0.2) is 0 Å². The molecule has 100 valence electrons. The SMILES string of the molecule is Cc1cc(N2CCNCC2)nn1C1CCOCC1. The number of nitrogens with one attached hydrogen (secondary N) is 1. The molecule has 3 rings (SSSR count). The third-order valence-electron chi connectivity index (χ3n) is 3.89. The molecule has 0 amide bonds. The second kappa shape index (κ2) is 5.28. The quantitative estimate of drug-likeness (QED) is 0.849. The monoisotopic (exact) mass is 250 g/mol. The van der Waals surface area contributed by atoms with Gasteiger partial charge in [0.05, 0.1) is 6.04 Å². The van der Waals surface area contributed by atoms with Gasteiger partial charge in [0.25, 0.3) is 0 Å². The largest absolute Gasteiger partial charge is 0.381 e. The molecule has 5 heteroatoms. The molecule has 5 nitrogen and oxygen atoms in total. The summed E-state index contributed by atoms with van der Waals surface area (Å²) in [7, 11) is 0. The van der Waals surface area contributed by atoms with Crippen molar-refractivity contribution in [2.45, 2.75) is 25.8 Å². The summed E-state index contributed by atoms with van der Waals surface area (Å²) in [5.41, 5.74) is 1.27. The first-order chi connectivity index (χ1) is 8.84. The smallest absolute Gasteiger partial charge is 0.150 e. The van der Waals surface area contributed by atoms with Crippen molar-refractivity contribution in [2.75, 3.05) is 44.3 Å². The summed E-state index contributed by atoms with van der Waals surface area (Å²) >= 11 is 0. The van der Waals surface area contributed by atoms with Crippen LogP contribution in [0, 0.1) is 6.92 Å². The molecular weight excluding hydrogens is 228 g/mol. The molecule has 0 saturated carbocycles. The molecule has 2 aliphatic rings. The van der Waals surface area contributed by atoms with Gasteiger partial charge in [-0.05, 0) is 19.8 Å². The lowest BCUT2D eigenvalue weighted by Gasteiger charge is -2.27. The molecule has 18 heavy (non-hydrogen) atoms. The average Bonchev–Trinajstić information content (AvgIpc) is 2.83. The van der Waals surface area contributed by atoms with Gasteiger partial charge in [-0.3, -0.25) is 4.68 Å². The van der Waals surface area contributed by atoms with Crippen LogP contribution in [0.15, 0.2) is 6.07 Å². The summed E-state index contributed by atoms with van der Waals surface area (Å²) in [5.74, 6) is 1.14. The molecular formula is C13H22N4O. The van der Waals surface area contributed by atoms with Crippen molar-refractivity contribution >= 4 is 5.82 Å². The molecule has 0 aliphatic carbocycles. The Morgan fingerprint density at radius 2 is 2.00 bits per heavy atom. The molecule has 0 atom stereocenters. The third-order valence-corrected chi connectivity index (χ3v) is 3.89. The van der Waals surface area contributed by atoms with Crippen LogP contribution in [0.3, 0.4) is 0 Å². The maximum Gasteiger partial charge on any atom is 0.150 e. The molecule has 2 saturated heterocycles. The highest BCUT2D eigenvalue weighted by molar-refractivity contribution is 5.40. The standard InChI is InChI=1S/C13H22N4O/c1-11-10-13(16-6-4-14-5-7-16)15-17(11)12-2-8-18-9-3-12/h10,12,14H,2-9H2,1H3. The Balaban J connectivity index is 1.76. The van der Waals surface area contributed by atoms with Gasteiger partial charge in [-0.1, -0.05) is 0 Å². The molecule has 2 fully saturated rings. The van der Waals surface area contributed by atoms with Crippen LogP contribution in [0.5, 0.6) is 0 Å². The Bertz CT molecular complexity index is 392. The first kappa shape index (κ1) is 12.0. The first-order valence-electron chi connectivity index (χ1n) is 6.94. The van der Waals surface area contributed by atoms with Crippen molar-refractivity contribution in [3.05, 3.63) is 11.8 Å².